The summed E-state index contributed by atoms with van der Waals surface area (Å²) in [5.74, 6) is 0.860. The smallest absolute Gasteiger partial charge is 0.253 e. The van der Waals surface area contributed by atoms with Crippen LogP contribution in [0.15, 0.2) is 48.8 Å². The summed E-state index contributed by atoms with van der Waals surface area (Å²) in [5.41, 5.74) is 3.31. The van der Waals surface area contributed by atoms with Gasteiger partial charge in [0.05, 0.1) is 17.1 Å². The third-order valence-electron chi connectivity index (χ3n) is 5.31. The number of nitriles is 1. The number of rotatable bonds is 5. The van der Waals surface area contributed by atoms with Crippen molar-refractivity contribution in [2.24, 2.45) is 0 Å². The number of anilines is 1. The number of fused-ring (bicyclic) bond motifs is 1. The lowest BCUT2D eigenvalue weighted by Crippen LogP contribution is -2.35. The number of piperidine rings is 1. The Hall–Kier alpha value is -3.46. The zero-order chi connectivity index (χ0) is 20.1. The minimum Gasteiger partial charge on any atom is -0.369 e. The number of carbonyl (C=O) groups excluding carboxylic acids is 1. The van der Waals surface area contributed by atoms with Crippen LogP contribution >= 0.6 is 0 Å². The van der Waals surface area contributed by atoms with Crippen molar-refractivity contribution in [3.8, 4) is 6.07 Å². The molecule has 4 rings (SSSR count). The van der Waals surface area contributed by atoms with Gasteiger partial charge >= 0.3 is 0 Å². The molecule has 1 aliphatic heterocycles. The molecule has 1 fully saturated rings. The van der Waals surface area contributed by atoms with E-state index in [1.165, 1.54) is 12.7 Å². The molecule has 1 N–H and O–H groups in total. The molecule has 1 saturated heterocycles. The molecule has 0 aliphatic carbocycles. The van der Waals surface area contributed by atoms with Crippen LogP contribution in [0, 0.1) is 11.3 Å². The van der Waals surface area contributed by atoms with Gasteiger partial charge in [-0.2, -0.15) is 5.26 Å². The summed E-state index contributed by atoms with van der Waals surface area (Å²) >= 11 is 0. The summed E-state index contributed by atoms with van der Waals surface area (Å²) in [6.07, 6.45) is 5.75. The van der Waals surface area contributed by atoms with Crippen molar-refractivity contribution in [2.45, 2.75) is 25.7 Å². The predicted molar refractivity (Wildman–Crippen MR) is 113 cm³/mol. The third kappa shape index (κ3) is 4.35. The maximum atomic E-state index is 12.6. The Morgan fingerprint density at radius 2 is 1.86 bits per heavy atom. The average Bonchev–Trinajstić information content (AvgIpc) is 2.79. The number of amides is 1. The molecule has 0 bridgehead atoms. The van der Waals surface area contributed by atoms with E-state index in [9.17, 15) is 4.79 Å². The lowest BCUT2D eigenvalue weighted by Gasteiger charge is -2.26. The normalized spacial score (nSPS) is 13.8. The molecular formula is C23H23N5O. The SMILES string of the molecule is N#Cc1ccc2ncnc(NCCc3ccc(C(=O)N4CCCCC4)cc3)c2c1. The van der Waals surface area contributed by atoms with Gasteiger partial charge in [-0.05, 0) is 61.6 Å². The van der Waals surface area contributed by atoms with E-state index in [4.69, 9.17) is 5.26 Å². The Morgan fingerprint density at radius 1 is 1.07 bits per heavy atom. The van der Waals surface area contributed by atoms with Crippen molar-refractivity contribution >= 4 is 22.6 Å². The number of hydrogen-bond donors (Lipinski definition) is 1. The maximum Gasteiger partial charge on any atom is 0.253 e. The third-order valence-corrected chi connectivity index (χ3v) is 5.31. The van der Waals surface area contributed by atoms with Crippen LogP contribution < -0.4 is 5.32 Å². The van der Waals surface area contributed by atoms with Gasteiger partial charge in [0.2, 0.25) is 0 Å². The van der Waals surface area contributed by atoms with E-state index in [2.05, 4.69) is 21.4 Å². The summed E-state index contributed by atoms with van der Waals surface area (Å²) in [7, 11) is 0. The molecule has 0 saturated carbocycles. The molecule has 146 valence electrons. The molecule has 1 aliphatic rings. The van der Waals surface area contributed by atoms with Crippen LogP contribution in [-0.4, -0.2) is 40.4 Å². The van der Waals surface area contributed by atoms with Crippen LogP contribution in [0.1, 0.15) is 40.7 Å². The van der Waals surface area contributed by atoms with E-state index in [0.717, 1.165) is 60.2 Å². The van der Waals surface area contributed by atoms with Crippen LogP contribution in [0.2, 0.25) is 0 Å². The number of hydrogen-bond acceptors (Lipinski definition) is 5. The first-order chi connectivity index (χ1) is 14.2. The quantitative estimate of drug-likeness (QED) is 0.723. The van der Waals surface area contributed by atoms with Crippen molar-refractivity contribution < 1.29 is 4.79 Å². The highest BCUT2D eigenvalue weighted by Gasteiger charge is 2.17. The number of aromatic nitrogens is 2. The van der Waals surface area contributed by atoms with Gasteiger partial charge in [-0.1, -0.05) is 12.1 Å². The second kappa shape index (κ2) is 8.70. The highest BCUT2D eigenvalue weighted by atomic mass is 16.2. The molecule has 0 spiro atoms. The number of likely N-dealkylation sites (tertiary alicyclic amines) is 1. The molecule has 2 aromatic carbocycles. The molecular weight excluding hydrogens is 362 g/mol. The molecule has 2 heterocycles. The standard InChI is InChI=1S/C23H23N5O/c24-15-18-6-9-21-20(14-18)22(27-16-26-21)25-11-10-17-4-7-19(8-5-17)23(29)28-12-2-1-3-13-28/h4-9,14,16H,1-3,10-13H2,(H,25,26,27). The molecule has 0 unspecified atom stereocenters. The van der Waals surface area contributed by atoms with Gasteiger partial charge in [0.1, 0.15) is 12.1 Å². The fourth-order valence-electron chi connectivity index (χ4n) is 3.69. The summed E-state index contributed by atoms with van der Waals surface area (Å²) in [6, 6.07) is 15.4. The van der Waals surface area contributed by atoms with Gasteiger partial charge < -0.3 is 10.2 Å². The largest absolute Gasteiger partial charge is 0.369 e. The minimum atomic E-state index is 0.134. The first-order valence-corrected chi connectivity index (χ1v) is 10.0. The van der Waals surface area contributed by atoms with Crippen LogP contribution in [0.3, 0.4) is 0 Å². The topological polar surface area (TPSA) is 81.9 Å². The van der Waals surface area contributed by atoms with Crippen LogP contribution in [0.25, 0.3) is 10.9 Å². The lowest BCUT2D eigenvalue weighted by atomic mass is 10.1. The molecule has 1 amide bonds. The van der Waals surface area contributed by atoms with Gasteiger partial charge in [0.15, 0.2) is 0 Å². The van der Waals surface area contributed by atoms with Gasteiger partial charge in [-0.15, -0.1) is 0 Å². The molecule has 0 radical (unpaired) electrons. The number of benzene rings is 2. The maximum absolute atomic E-state index is 12.6. The second-order valence-electron chi connectivity index (χ2n) is 7.29. The summed E-state index contributed by atoms with van der Waals surface area (Å²) in [5, 5.41) is 13.3. The Morgan fingerprint density at radius 3 is 2.62 bits per heavy atom. The Kier molecular flexibility index (Phi) is 5.66. The van der Waals surface area contributed by atoms with Crippen LogP contribution in [-0.2, 0) is 6.42 Å². The van der Waals surface area contributed by atoms with E-state index in [1.807, 2.05) is 35.2 Å². The fourth-order valence-corrected chi connectivity index (χ4v) is 3.69. The highest BCUT2D eigenvalue weighted by molar-refractivity contribution is 5.94. The van der Waals surface area contributed by atoms with E-state index in [0.29, 0.717) is 12.1 Å². The van der Waals surface area contributed by atoms with Crippen molar-refractivity contribution in [3.63, 3.8) is 0 Å². The predicted octanol–water partition coefficient (Wildman–Crippen LogP) is 3.78. The first-order valence-electron chi connectivity index (χ1n) is 10.0. The van der Waals surface area contributed by atoms with Crippen molar-refractivity contribution in [2.75, 3.05) is 25.0 Å². The van der Waals surface area contributed by atoms with Crippen molar-refractivity contribution in [1.82, 2.24) is 14.9 Å². The minimum absolute atomic E-state index is 0.134. The molecule has 6 heteroatoms. The van der Waals surface area contributed by atoms with Crippen molar-refractivity contribution in [3.05, 3.63) is 65.5 Å². The molecule has 1 aromatic heterocycles. The lowest BCUT2D eigenvalue weighted by molar-refractivity contribution is 0.0724. The summed E-state index contributed by atoms with van der Waals surface area (Å²) in [6.45, 7) is 2.43. The van der Waals surface area contributed by atoms with Gasteiger partial charge in [-0.25, -0.2) is 9.97 Å². The number of carbonyl (C=O) groups is 1. The fraction of sp³-hybridized carbons (Fsp3) is 0.304. The molecule has 29 heavy (non-hydrogen) atoms. The molecule has 0 atom stereocenters. The number of nitrogens with one attached hydrogen (secondary N) is 1. The van der Waals surface area contributed by atoms with Gasteiger partial charge in [-0.3, -0.25) is 4.79 Å². The van der Waals surface area contributed by atoms with Crippen LogP contribution in [0.4, 0.5) is 5.82 Å². The molecule has 6 nitrogen and oxygen atoms in total. The monoisotopic (exact) mass is 385 g/mol. The zero-order valence-electron chi connectivity index (χ0n) is 16.3. The highest BCUT2D eigenvalue weighted by Crippen LogP contribution is 2.20. The second-order valence-corrected chi connectivity index (χ2v) is 7.29. The summed E-state index contributed by atoms with van der Waals surface area (Å²) < 4.78 is 0. The average molecular weight is 385 g/mol. The molecule has 3 aromatic rings. The van der Waals surface area contributed by atoms with E-state index in [-0.39, 0.29) is 5.91 Å². The van der Waals surface area contributed by atoms with E-state index >= 15 is 0 Å². The van der Waals surface area contributed by atoms with Crippen LogP contribution in [0.5, 0.6) is 0 Å². The van der Waals surface area contributed by atoms with E-state index < -0.39 is 0 Å². The van der Waals surface area contributed by atoms with Crippen molar-refractivity contribution in [1.29, 1.82) is 5.26 Å². The first kappa shape index (κ1) is 18.9. The van der Waals surface area contributed by atoms with E-state index in [1.54, 1.807) is 12.1 Å². The Bertz CT molecular complexity index is 1050. The Balaban J connectivity index is 1.38. The Labute approximate surface area is 170 Å². The van der Waals surface area contributed by atoms with Gasteiger partial charge in [0, 0.05) is 30.6 Å². The number of nitrogens with zero attached hydrogens (tertiary/aromatic N) is 4. The summed E-state index contributed by atoms with van der Waals surface area (Å²) in [4.78, 5) is 23.1. The zero-order valence-corrected chi connectivity index (χ0v) is 16.3. The van der Waals surface area contributed by atoms with Gasteiger partial charge in [0.25, 0.3) is 5.91 Å².